The largest absolute Gasteiger partial charge is 0.336 e. The highest BCUT2D eigenvalue weighted by atomic mass is 19.1. The number of carbonyl (C=O) groups excluding carboxylic acids is 2. The molecule has 6 heteroatoms. The Bertz CT molecular complexity index is 782. The summed E-state index contributed by atoms with van der Waals surface area (Å²) in [5.41, 5.74) is 4.16. The van der Waals surface area contributed by atoms with Gasteiger partial charge in [-0.05, 0) is 35.9 Å². The summed E-state index contributed by atoms with van der Waals surface area (Å²) in [5, 5.41) is 1.77. The van der Waals surface area contributed by atoms with Crippen LogP contribution in [0.3, 0.4) is 0 Å². The van der Waals surface area contributed by atoms with Crippen LogP contribution in [0.25, 0.3) is 6.08 Å². The molecule has 3 rings (SSSR count). The monoisotopic (exact) mass is 353 g/mol. The summed E-state index contributed by atoms with van der Waals surface area (Å²) in [6.45, 7) is 2.14. The zero-order valence-electron chi connectivity index (χ0n) is 14.3. The number of nitrogens with one attached hydrogen (secondary N) is 1. The van der Waals surface area contributed by atoms with E-state index in [0.29, 0.717) is 31.7 Å². The number of amides is 2. The second kappa shape index (κ2) is 8.40. The van der Waals surface area contributed by atoms with E-state index in [1.807, 2.05) is 30.3 Å². The van der Waals surface area contributed by atoms with E-state index in [4.69, 9.17) is 0 Å². The molecule has 5 nitrogen and oxygen atoms in total. The van der Waals surface area contributed by atoms with Crippen molar-refractivity contribution in [3.8, 4) is 0 Å². The average molecular weight is 353 g/mol. The molecule has 1 saturated heterocycles. The number of halogens is 1. The van der Waals surface area contributed by atoms with E-state index in [2.05, 4.69) is 5.43 Å². The Morgan fingerprint density at radius 2 is 1.58 bits per heavy atom. The Balaban J connectivity index is 1.48. The molecule has 0 aliphatic carbocycles. The molecule has 1 aliphatic rings. The first-order valence-corrected chi connectivity index (χ1v) is 8.45. The minimum atomic E-state index is -0.378. The normalized spacial score (nSPS) is 15.2. The van der Waals surface area contributed by atoms with E-state index in [-0.39, 0.29) is 17.6 Å². The van der Waals surface area contributed by atoms with Gasteiger partial charge in [0.15, 0.2) is 0 Å². The Labute approximate surface area is 151 Å². The van der Waals surface area contributed by atoms with Gasteiger partial charge < -0.3 is 4.90 Å². The fraction of sp³-hybridized carbons (Fsp3) is 0.200. The Kier molecular flexibility index (Phi) is 5.76. The fourth-order valence-corrected chi connectivity index (χ4v) is 2.69. The van der Waals surface area contributed by atoms with Crippen LogP contribution in [0.15, 0.2) is 60.7 Å². The summed E-state index contributed by atoms with van der Waals surface area (Å²) in [4.78, 5) is 26.1. The number of nitrogens with zero attached hydrogens (tertiary/aromatic N) is 2. The van der Waals surface area contributed by atoms with Gasteiger partial charge in [-0.15, -0.1) is 0 Å². The van der Waals surface area contributed by atoms with Crippen LogP contribution in [-0.2, 0) is 4.79 Å². The van der Waals surface area contributed by atoms with E-state index < -0.39 is 0 Å². The van der Waals surface area contributed by atoms with E-state index in [0.717, 1.165) is 5.56 Å². The number of piperazine rings is 1. The molecule has 2 aromatic rings. The van der Waals surface area contributed by atoms with Gasteiger partial charge in [0.2, 0.25) is 5.91 Å². The van der Waals surface area contributed by atoms with Gasteiger partial charge >= 0.3 is 0 Å². The molecular formula is C20H20FN3O2. The van der Waals surface area contributed by atoms with Crippen LogP contribution in [0.1, 0.15) is 15.9 Å². The van der Waals surface area contributed by atoms with Crippen LogP contribution in [0.5, 0.6) is 0 Å². The van der Waals surface area contributed by atoms with E-state index in [1.165, 1.54) is 24.3 Å². The molecule has 1 aliphatic heterocycles. The van der Waals surface area contributed by atoms with Crippen molar-refractivity contribution in [2.45, 2.75) is 0 Å². The van der Waals surface area contributed by atoms with Gasteiger partial charge in [-0.1, -0.05) is 30.3 Å². The van der Waals surface area contributed by atoms with Crippen molar-refractivity contribution < 1.29 is 14.0 Å². The standard InChI is InChI=1S/C20H20FN3O2/c21-18-9-7-17(8-10-18)20(26)22-24-14-12-23(13-15-24)19(25)11-6-16-4-2-1-3-5-16/h1-11H,12-15H2,(H,22,26). The van der Waals surface area contributed by atoms with Crippen molar-refractivity contribution >= 4 is 17.9 Å². The summed E-state index contributed by atoms with van der Waals surface area (Å²) in [5.74, 6) is -0.704. The lowest BCUT2D eigenvalue weighted by atomic mass is 10.2. The third kappa shape index (κ3) is 4.77. The summed E-state index contributed by atoms with van der Waals surface area (Å²) in [7, 11) is 0. The highest BCUT2D eigenvalue weighted by Gasteiger charge is 2.21. The molecule has 134 valence electrons. The topological polar surface area (TPSA) is 52.7 Å². The smallest absolute Gasteiger partial charge is 0.265 e. The maximum atomic E-state index is 12.9. The van der Waals surface area contributed by atoms with Gasteiger partial charge in [0, 0.05) is 37.8 Å². The van der Waals surface area contributed by atoms with E-state index in [9.17, 15) is 14.0 Å². The molecule has 1 fully saturated rings. The molecule has 0 bridgehead atoms. The molecular weight excluding hydrogens is 333 g/mol. The summed E-state index contributed by atoms with van der Waals surface area (Å²) in [6, 6.07) is 15.0. The Morgan fingerprint density at radius 1 is 0.923 bits per heavy atom. The van der Waals surface area contributed by atoms with Crippen LogP contribution < -0.4 is 5.43 Å². The fourth-order valence-electron chi connectivity index (χ4n) is 2.69. The van der Waals surface area contributed by atoms with Crippen molar-refractivity contribution in [1.29, 1.82) is 0 Å². The SMILES string of the molecule is O=C(NN1CCN(C(=O)C=Cc2ccccc2)CC1)c1ccc(F)cc1. The number of hydrogen-bond donors (Lipinski definition) is 1. The maximum absolute atomic E-state index is 12.9. The number of hydrazine groups is 1. The number of benzene rings is 2. The van der Waals surface area contributed by atoms with Crippen LogP contribution in [0.2, 0.25) is 0 Å². The summed E-state index contributed by atoms with van der Waals surface area (Å²) >= 11 is 0. The quantitative estimate of drug-likeness (QED) is 0.859. The lowest BCUT2D eigenvalue weighted by Gasteiger charge is -2.34. The van der Waals surface area contributed by atoms with Crippen molar-refractivity contribution in [3.05, 3.63) is 77.6 Å². The van der Waals surface area contributed by atoms with Crippen molar-refractivity contribution in [3.63, 3.8) is 0 Å². The van der Waals surface area contributed by atoms with Crippen LogP contribution in [-0.4, -0.2) is 47.9 Å². The van der Waals surface area contributed by atoms with Gasteiger partial charge in [-0.25, -0.2) is 9.40 Å². The van der Waals surface area contributed by atoms with E-state index in [1.54, 1.807) is 22.1 Å². The number of rotatable bonds is 4. The summed E-state index contributed by atoms with van der Waals surface area (Å²) < 4.78 is 12.9. The first-order valence-electron chi connectivity index (χ1n) is 8.45. The minimum absolute atomic E-state index is 0.0432. The molecule has 0 spiro atoms. The van der Waals surface area contributed by atoms with Gasteiger partial charge in [0.25, 0.3) is 5.91 Å². The molecule has 0 aromatic heterocycles. The first kappa shape index (κ1) is 17.8. The second-order valence-electron chi connectivity index (χ2n) is 6.00. The molecule has 26 heavy (non-hydrogen) atoms. The summed E-state index contributed by atoms with van der Waals surface area (Å²) in [6.07, 6.45) is 3.37. The minimum Gasteiger partial charge on any atom is -0.336 e. The highest BCUT2D eigenvalue weighted by Crippen LogP contribution is 2.06. The third-order valence-corrected chi connectivity index (χ3v) is 4.18. The van der Waals surface area contributed by atoms with Crippen molar-refractivity contribution in [2.24, 2.45) is 0 Å². The van der Waals surface area contributed by atoms with Gasteiger partial charge in [0.1, 0.15) is 5.82 Å². The molecule has 0 radical (unpaired) electrons. The van der Waals surface area contributed by atoms with Crippen molar-refractivity contribution in [1.82, 2.24) is 15.3 Å². The van der Waals surface area contributed by atoms with Crippen molar-refractivity contribution in [2.75, 3.05) is 26.2 Å². The van der Waals surface area contributed by atoms with Crippen LogP contribution >= 0.6 is 0 Å². The highest BCUT2D eigenvalue weighted by molar-refractivity contribution is 5.94. The molecule has 2 amide bonds. The molecule has 1 N–H and O–H groups in total. The third-order valence-electron chi connectivity index (χ3n) is 4.18. The number of hydrogen-bond acceptors (Lipinski definition) is 3. The molecule has 0 unspecified atom stereocenters. The lowest BCUT2D eigenvalue weighted by molar-refractivity contribution is -0.127. The Morgan fingerprint density at radius 3 is 2.23 bits per heavy atom. The predicted molar refractivity (Wildman–Crippen MR) is 97.5 cm³/mol. The molecule has 0 atom stereocenters. The Hall–Kier alpha value is -2.99. The van der Waals surface area contributed by atoms with Crippen LogP contribution in [0, 0.1) is 5.82 Å². The maximum Gasteiger partial charge on any atom is 0.265 e. The van der Waals surface area contributed by atoms with Gasteiger partial charge in [-0.3, -0.25) is 15.0 Å². The van der Waals surface area contributed by atoms with Gasteiger partial charge in [0.05, 0.1) is 0 Å². The van der Waals surface area contributed by atoms with E-state index >= 15 is 0 Å². The molecule has 1 heterocycles. The predicted octanol–water partition coefficient (Wildman–Crippen LogP) is 2.33. The lowest BCUT2D eigenvalue weighted by Crippen LogP contribution is -2.54. The zero-order chi connectivity index (χ0) is 18.4. The van der Waals surface area contributed by atoms with Gasteiger partial charge in [-0.2, -0.15) is 0 Å². The first-order chi connectivity index (χ1) is 12.6. The molecule has 2 aromatic carbocycles. The molecule has 0 saturated carbocycles. The van der Waals surface area contributed by atoms with Crippen LogP contribution in [0.4, 0.5) is 4.39 Å². The average Bonchev–Trinajstić information content (AvgIpc) is 2.68. The number of carbonyl (C=O) groups is 2. The second-order valence-corrected chi connectivity index (χ2v) is 6.00. The zero-order valence-corrected chi connectivity index (χ0v) is 14.3.